The van der Waals surface area contributed by atoms with Gasteiger partial charge in [0.05, 0.1) is 0 Å². The van der Waals surface area contributed by atoms with E-state index in [1.807, 2.05) is 41.5 Å². The molecule has 0 heterocycles. The number of rotatable bonds is 4. The molecule has 0 aliphatic carbocycles. The highest BCUT2D eigenvalue weighted by atomic mass is 31.2. The fourth-order valence-corrected chi connectivity index (χ4v) is 8.14. The third kappa shape index (κ3) is 7.16. The fraction of sp³-hybridized carbons (Fsp3) is 0.294. The van der Waals surface area contributed by atoms with Crippen LogP contribution in [0, 0.1) is 27.7 Å². The summed E-state index contributed by atoms with van der Waals surface area (Å²) in [6, 6.07) is 36.7. The molecule has 0 bridgehead atoms. The second-order valence-corrected chi connectivity index (χ2v) is 11.4. The summed E-state index contributed by atoms with van der Waals surface area (Å²) >= 11 is 0. The molecule has 0 atom stereocenters. The normalized spacial score (nSPS) is 10.0. The maximum Gasteiger partial charge on any atom is 0.144 e. The van der Waals surface area contributed by atoms with Crippen molar-refractivity contribution in [2.24, 2.45) is 0 Å². The third-order valence-electron chi connectivity index (χ3n) is 5.69. The van der Waals surface area contributed by atoms with E-state index in [1.54, 1.807) is 0 Å². The lowest BCUT2D eigenvalue weighted by atomic mass is 10.2. The Morgan fingerprint density at radius 2 is 0.429 bits per heavy atom. The Labute approximate surface area is 216 Å². The molecule has 4 aromatic rings. The molecule has 35 heavy (non-hydrogen) atoms. The van der Waals surface area contributed by atoms with Gasteiger partial charge in [0, 0.05) is 0 Å². The van der Waals surface area contributed by atoms with Crippen molar-refractivity contribution in [1.29, 1.82) is 0 Å². The second kappa shape index (κ2) is 15.3. The molecule has 0 saturated heterocycles. The molecular formula is C34H46P+. The van der Waals surface area contributed by atoms with Gasteiger partial charge >= 0.3 is 0 Å². The van der Waals surface area contributed by atoms with Gasteiger partial charge in [0.1, 0.15) is 28.5 Å². The third-order valence-corrected chi connectivity index (χ3v) is 9.98. The first-order chi connectivity index (χ1) is 17.0. The van der Waals surface area contributed by atoms with Gasteiger partial charge in [0.25, 0.3) is 0 Å². The summed E-state index contributed by atoms with van der Waals surface area (Å²) < 4.78 is 0. The van der Waals surface area contributed by atoms with Gasteiger partial charge in [-0.3, -0.25) is 0 Å². The summed E-state index contributed by atoms with van der Waals surface area (Å²) in [5.41, 5.74) is 5.18. The van der Waals surface area contributed by atoms with Crippen molar-refractivity contribution >= 4 is 28.5 Å². The molecule has 0 unspecified atom stereocenters. The Hall–Kier alpha value is -2.69. The minimum atomic E-state index is -1.98. The van der Waals surface area contributed by atoms with Crippen LogP contribution in [0.4, 0.5) is 0 Å². The number of aryl methyl sites for hydroxylation is 4. The average molecular weight is 486 g/mol. The van der Waals surface area contributed by atoms with Crippen LogP contribution in [0.2, 0.25) is 0 Å². The van der Waals surface area contributed by atoms with Crippen molar-refractivity contribution < 1.29 is 0 Å². The SMILES string of the molecule is CC.CC.CC.Cc1ccc([P+](c2ccc(C)cc2)(c2ccc(C)cc2)c2ccc(C)cc2)cc1. The molecule has 4 aromatic carbocycles. The van der Waals surface area contributed by atoms with Crippen molar-refractivity contribution in [3.8, 4) is 0 Å². The van der Waals surface area contributed by atoms with Gasteiger partial charge in [-0.15, -0.1) is 0 Å². The molecule has 0 amide bonds. The maximum absolute atomic E-state index is 2.34. The van der Waals surface area contributed by atoms with Gasteiger partial charge in [-0.1, -0.05) is 112 Å². The molecule has 0 radical (unpaired) electrons. The Kier molecular flexibility index (Phi) is 13.3. The smallest absolute Gasteiger partial charge is 0.0683 e. The summed E-state index contributed by atoms with van der Waals surface area (Å²) in [5.74, 6) is 0. The van der Waals surface area contributed by atoms with Crippen molar-refractivity contribution in [2.75, 3.05) is 0 Å². The molecule has 0 nitrogen and oxygen atoms in total. The summed E-state index contributed by atoms with van der Waals surface area (Å²) in [6.45, 7) is 20.6. The standard InChI is InChI=1S/C28H28P.3C2H6/c1-21-5-13-25(14-6-21)29(26-15-7-22(2)8-16-26,27-17-9-23(3)10-18-27)28-19-11-24(4)12-20-28;3*1-2/h5-20H,1-4H3;3*1-2H3/q+1;;;. The van der Waals surface area contributed by atoms with E-state index in [9.17, 15) is 0 Å². The van der Waals surface area contributed by atoms with E-state index in [0.717, 1.165) is 0 Å². The molecule has 0 aliphatic heterocycles. The zero-order chi connectivity index (χ0) is 26.4. The second-order valence-electron chi connectivity index (χ2n) is 8.01. The van der Waals surface area contributed by atoms with Crippen LogP contribution in [0.15, 0.2) is 97.1 Å². The molecule has 0 N–H and O–H groups in total. The largest absolute Gasteiger partial charge is 0.144 e. The lowest BCUT2D eigenvalue weighted by molar-refractivity contribution is 1.47. The van der Waals surface area contributed by atoms with E-state index in [2.05, 4.69) is 125 Å². The fourth-order valence-electron chi connectivity index (χ4n) is 3.97. The molecule has 0 saturated carbocycles. The first kappa shape index (κ1) is 30.3. The number of benzene rings is 4. The van der Waals surface area contributed by atoms with Crippen LogP contribution in [-0.4, -0.2) is 0 Å². The van der Waals surface area contributed by atoms with Crippen LogP contribution in [-0.2, 0) is 0 Å². The summed E-state index contributed by atoms with van der Waals surface area (Å²) in [6.07, 6.45) is 0. The van der Waals surface area contributed by atoms with E-state index in [4.69, 9.17) is 0 Å². The van der Waals surface area contributed by atoms with Crippen LogP contribution in [0.1, 0.15) is 63.8 Å². The van der Waals surface area contributed by atoms with Crippen LogP contribution < -0.4 is 21.2 Å². The molecular weight excluding hydrogens is 439 g/mol. The van der Waals surface area contributed by atoms with Crippen molar-refractivity contribution in [1.82, 2.24) is 0 Å². The van der Waals surface area contributed by atoms with Crippen molar-refractivity contribution in [3.05, 3.63) is 119 Å². The maximum atomic E-state index is 2.34. The van der Waals surface area contributed by atoms with Crippen LogP contribution in [0.3, 0.4) is 0 Å². The van der Waals surface area contributed by atoms with Crippen LogP contribution in [0.5, 0.6) is 0 Å². The molecule has 186 valence electrons. The summed E-state index contributed by atoms with van der Waals surface area (Å²) in [4.78, 5) is 0. The molecule has 4 rings (SSSR count). The van der Waals surface area contributed by atoms with E-state index in [0.29, 0.717) is 0 Å². The Morgan fingerprint density at radius 1 is 0.286 bits per heavy atom. The predicted octanol–water partition coefficient (Wildman–Crippen LogP) is 8.62. The minimum absolute atomic E-state index is 1.29. The number of hydrogen-bond acceptors (Lipinski definition) is 0. The zero-order valence-corrected chi connectivity index (χ0v) is 24.6. The first-order valence-electron chi connectivity index (χ1n) is 13.2. The molecule has 0 aliphatic rings. The van der Waals surface area contributed by atoms with Crippen LogP contribution in [0.25, 0.3) is 0 Å². The Bertz CT molecular complexity index is 900. The number of hydrogen-bond donors (Lipinski definition) is 0. The topological polar surface area (TPSA) is 0 Å². The quantitative estimate of drug-likeness (QED) is 0.254. The Balaban J connectivity index is 0.000000949. The van der Waals surface area contributed by atoms with E-state index >= 15 is 0 Å². The molecule has 0 spiro atoms. The lowest BCUT2D eigenvalue weighted by Gasteiger charge is -2.28. The first-order valence-corrected chi connectivity index (χ1v) is 15.0. The predicted molar refractivity (Wildman–Crippen MR) is 164 cm³/mol. The summed E-state index contributed by atoms with van der Waals surface area (Å²) in [7, 11) is -1.98. The van der Waals surface area contributed by atoms with Gasteiger partial charge in [-0.25, -0.2) is 0 Å². The van der Waals surface area contributed by atoms with Gasteiger partial charge < -0.3 is 0 Å². The van der Waals surface area contributed by atoms with Gasteiger partial charge in [-0.2, -0.15) is 0 Å². The zero-order valence-electron chi connectivity index (χ0n) is 23.7. The lowest BCUT2D eigenvalue weighted by Crippen LogP contribution is -2.38. The molecule has 0 aromatic heterocycles. The van der Waals surface area contributed by atoms with Gasteiger partial charge in [0.2, 0.25) is 0 Å². The van der Waals surface area contributed by atoms with Gasteiger partial charge in [0.15, 0.2) is 0 Å². The average Bonchev–Trinajstić information content (AvgIpc) is 2.92. The monoisotopic (exact) mass is 485 g/mol. The van der Waals surface area contributed by atoms with Crippen molar-refractivity contribution in [3.63, 3.8) is 0 Å². The van der Waals surface area contributed by atoms with Crippen molar-refractivity contribution in [2.45, 2.75) is 69.2 Å². The highest BCUT2D eigenvalue weighted by Gasteiger charge is 2.47. The van der Waals surface area contributed by atoms with E-state index in [-0.39, 0.29) is 0 Å². The molecule has 0 fully saturated rings. The molecule has 1 heteroatoms. The highest BCUT2D eigenvalue weighted by Crippen LogP contribution is 2.54. The van der Waals surface area contributed by atoms with Crippen LogP contribution >= 0.6 is 7.26 Å². The highest BCUT2D eigenvalue weighted by molar-refractivity contribution is 8.01. The summed E-state index contributed by atoms with van der Waals surface area (Å²) in [5, 5.41) is 5.61. The minimum Gasteiger partial charge on any atom is -0.0683 e. The van der Waals surface area contributed by atoms with Gasteiger partial charge in [-0.05, 0) is 76.2 Å². The van der Waals surface area contributed by atoms with E-state index < -0.39 is 7.26 Å². The Morgan fingerprint density at radius 3 is 0.571 bits per heavy atom. The van der Waals surface area contributed by atoms with E-state index in [1.165, 1.54) is 43.5 Å².